The van der Waals surface area contributed by atoms with Gasteiger partial charge in [0.2, 0.25) is 11.8 Å². The van der Waals surface area contributed by atoms with E-state index in [1.165, 1.54) is 0 Å². The molecule has 1 aliphatic heterocycles. The number of rotatable bonds is 6. The summed E-state index contributed by atoms with van der Waals surface area (Å²) in [6.45, 7) is 3.86. The van der Waals surface area contributed by atoms with Gasteiger partial charge in [-0.1, -0.05) is 18.2 Å². The van der Waals surface area contributed by atoms with Gasteiger partial charge >= 0.3 is 0 Å². The summed E-state index contributed by atoms with van der Waals surface area (Å²) in [4.78, 5) is 30.3. The lowest BCUT2D eigenvalue weighted by molar-refractivity contribution is -0.126. The van der Waals surface area contributed by atoms with Gasteiger partial charge in [-0.15, -0.1) is 0 Å². The monoisotopic (exact) mass is 326 g/mol. The van der Waals surface area contributed by atoms with Gasteiger partial charge in [0.05, 0.1) is 12.2 Å². The summed E-state index contributed by atoms with van der Waals surface area (Å²) in [7, 11) is 0. The molecule has 1 fully saturated rings. The van der Waals surface area contributed by atoms with E-state index in [-0.39, 0.29) is 24.2 Å². The topological polar surface area (TPSA) is 67.2 Å². The van der Waals surface area contributed by atoms with E-state index in [0.29, 0.717) is 13.1 Å². The van der Waals surface area contributed by atoms with Crippen LogP contribution in [0.2, 0.25) is 0 Å². The Morgan fingerprint density at radius 3 is 2.96 bits per heavy atom. The third kappa shape index (κ3) is 3.64. The summed E-state index contributed by atoms with van der Waals surface area (Å²) in [6.07, 6.45) is 6.52. The number of nitrogens with zero attached hydrogens (tertiary/aromatic N) is 3. The standard InChI is InChI=1S/C18H22N4O2/c1-14-5-2-3-6-16(14)22-12-15(11-17(22)23)18(24)20-7-4-9-21-10-8-19-13-21/h2-3,5-6,8,10,13,15H,4,7,9,11-12H2,1H3,(H,20,24)/t15-/m1/s1. The van der Waals surface area contributed by atoms with Crippen LogP contribution in [0.1, 0.15) is 18.4 Å². The third-order valence-corrected chi connectivity index (χ3v) is 4.35. The van der Waals surface area contributed by atoms with Crippen molar-refractivity contribution in [3.63, 3.8) is 0 Å². The van der Waals surface area contributed by atoms with Crippen molar-refractivity contribution in [1.29, 1.82) is 0 Å². The normalized spacial score (nSPS) is 17.3. The van der Waals surface area contributed by atoms with Crippen LogP contribution in [0.3, 0.4) is 0 Å². The first-order valence-corrected chi connectivity index (χ1v) is 8.24. The lowest BCUT2D eigenvalue weighted by Gasteiger charge is -2.19. The van der Waals surface area contributed by atoms with Crippen molar-refractivity contribution in [2.45, 2.75) is 26.3 Å². The fourth-order valence-corrected chi connectivity index (χ4v) is 3.02. The lowest BCUT2D eigenvalue weighted by atomic mass is 10.1. The average molecular weight is 326 g/mol. The molecule has 0 aliphatic carbocycles. The van der Waals surface area contributed by atoms with Gasteiger partial charge in [0.1, 0.15) is 0 Å². The highest BCUT2D eigenvalue weighted by molar-refractivity contribution is 6.00. The van der Waals surface area contributed by atoms with E-state index >= 15 is 0 Å². The molecule has 1 aromatic carbocycles. The summed E-state index contributed by atoms with van der Waals surface area (Å²) >= 11 is 0. The smallest absolute Gasteiger partial charge is 0.227 e. The molecule has 1 saturated heterocycles. The van der Waals surface area contributed by atoms with E-state index in [1.54, 1.807) is 17.4 Å². The maximum atomic E-state index is 12.3. The van der Waals surface area contributed by atoms with Gasteiger partial charge in [0.25, 0.3) is 0 Å². The molecule has 2 aromatic rings. The fraction of sp³-hybridized carbons (Fsp3) is 0.389. The van der Waals surface area contributed by atoms with Crippen molar-refractivity contribution in [2.24, 2.45) is 5.92 Å². The molecule has 1 aromatic heterocycles. The van der Waals surface area contributed by atoms with Crippen LogP contribution in [0.4, 0.5) is 5.69 Å². The van der Waals surface area contributed by atoms with Crippen molar-refractivity contribution in [3.8, 4) is 0 Å². The van der Waals surface area contributed by atoms with E-state index in [4.69, 9.17) is 0 Å². The van der Waals surface area contributed by atoms with Crippen LogP contribution in [0.25, 0.3) is 0 Å². The van der Waals surface area contributed by atoms with Crippen molar-refractivity contribution in [1.82, 2.24) is 14.9 Å². The lowest BCUT2D eigenvalue weighted by Crippen LogP contribution is -2.34. The predicted molar refractivity (Wildman–Crippen MR) is 91.5 cm³/mol. The highest BCUT2D eigenvalue weighted by atomic mass is 16.2. The zero-order chi connectivity index (χ0) is 16.9. The summed E-state index contributed by atoms with van der Waals surface area (Å²) < 4.78 is 1.98. The number of amides is 2. The Hall–Kier alpha value is -2.63. The van der Waals surface area contributed by atoms with E-state index in [9.17, 15) is 9.59 Å². The zero-order valence-corrected chi connectivity index (χ0v) is 13.8. The van der Waals surface area contributed by atoms with Gasteiger partial charge in [-0.3, -0.25) is 9.59 Å². The first-order chi connectivity index (χ1) is 11.6. The SMILES string of the molecule is Cc1ccccc1N1C[C@H](C(=O)NCCCn2ccnc2)CC1=O. The number of anilines is 1. The number of aromatic nitrogens is 2. The molecular formula is C18H22N4O2. The Bertz CT molecular complexity index is 712. The Morgan fingerprint density at radius 1 is 1.38 bits per heavy atom. The van der Waals surface area contributed by atoms with Gasteiger partial charge in [-0.2, -0.15) is 0 Å². The minimum atomic E-state index is -0.273. The van der Waals surface area contributed by atoms with Gasteiger partial charge in [0.15, 0.2) is 0 Å². The van der Waals surface area contributed by atoms with Gasteiger partial charge < -0.3 is 14.8 Å². The largest absolute Gasteiger partial charge is 0.356 e. The maximum absolute atomic E-state index is 12.3. The quantitative estimate of drug-likeness (QED) is 0.823. The van der Waals surface area contributed by atoms with Crippen LogP contribution in [0.15, 0.2) is 43.0 Å². The zero-order valence-electron chi connectivity index (χ0n) is 13.8. The van der Waals surface area contributed by atoms with Crippen molar-refractivity contribution in [3.05, 3.63) is 48.5 Å². The van der Waals surface area contributed by atoms with Crippen LogP contribution >= 0.6 is 0 Å². The number of nitrogens with one attached hydrogen (secondary N) is 1. The summed E-state index contributed by atoms with van der Waals surface area (Å²) in [5, 5.41) is 2.94. The molecule has 0 radical (unpaired) electrons. The first-order valence-electron chi connectivity index (χ1n) is 8.24. The maximum Gasteiger partial charge on any atom is 0.227 e. The molecule has 0 unspecified atom stereocenters. The molecule has 1 atom stereocenters. The minimum absolute atomic E-state index is 0.0165. The molecule has 1 aliphatic rings. The predicted octanol–water partition coefficient (Wildman–Crippen LogP) is 1.75. The molecule has 126 valence electrons. The number of imidazole rings is 1. The molecule has 24 heavy (non-hydrogen) atoms. The molecule has 2 amide bonds. The molecule has 3 rings (SSSR count). The van der Waals surface area contributed by atoms with Crippen LogP contribution in [0, 0.1) is 12.8 Å². The first kappa shape index (κ1) is 16.2. The van der Waals surface area contributed by atoms with Crippen molar-refractivity contribution >= 4 is 17.5 Å². The Balaban J connectivity index is 1.50. The van der Waals surface area contributed by atoms with Gasteiger partial charge in [-0.25, -0.2) is 4.98 Å². The second-order valence-corrected chi connectivity index (χ2v) is 6.14. The average Bonchev–Trinajstić information content (AvgIpc) is 3.22. The van der Waals surface area contributed by atoms with Crippen LogP contribution in [0.5, 0.6) is 0 Å². The Kier molecular flexibility index (Phi) is 4.93. The van der Waals surface area contributed by atoms with Crippen LogP contribution in [-0.2, 0) is 16.1 Å². The third-order valence-electron chi connectivity index (χ3n) is 4.35. The van der Waals surface area contributed by atoms with Gasteiger partial charge in [-0.05, 0) is 25.0 Å². The number of hydrogen-bond donors (Lipinski definition) is 1. The van der Waals surface area contributed by atoms with E-state index in [1.807, 2.05) is 42.0 Å². The van der Waals surface area contributed by atoms with Gasteiger partial charge in [0, 0.05) is 44.1 Å². The van der Waals surface area contributed by atoms with Crippen molar-refractivity contribution < 1.29 is 9.59 Å². The van der Waals surface area contributed by atoms with E-state index in [0.717, 1.165) is 24.2 Å². The number of carbonyl (C=O) groups excluding carboxylic acids is 2. The molecule has 6 nitrogen and oxygen atoms in total. The molecular weight excluding hydrogens is 304 g/mol. The summed E-state index contributed by atoms with van der Waals surface area (Å²) in [5.41, 5.74) is 1.95. The molecule has 0 saturated carbocycles. The number of para-hydroxylation sites is 1. The van der Waals surface area contributed by atoms with Crippen molar-refractivity contribution in [2.75, 3.05) is 18.0 Å². The Labute approximate surface area is 141 Å². The molecule has 0 spiro atoms. The highest BCUT2D eigenvalue weighted by Gasteiger charge is 2.35. The van der Waals surface area contributed by atoms with Crippen LogP contribution in [-0.4, -0.2) is 34.5 Å². The second kappa shape index (κ2) is 7.29. The van der Waals surface area contributed by atoms with E-state index in [2.05, 4.69) is 10.3 Å². The van der Waals surface area contributed by atoms with Crippen LogP contribution < -0.4 is 10.2 Å². The molecule has 2 heterocycles. The second-order valence-electron chi connectivity index (χ2n) is 6.14. The Morgan fingerprint density at radius 2 is 2.21 bits per heavy atom. The number of benzene rings is 1. The minimum Gasteiger partial charge on any atom is -0.356 e. The van der Waals surface area contributed by atoms with E-state index < -0.39 is 0 Å². The fourth-order valence-electron chi connectivity index (χ4n) is 3.02. The number of aryl methyl sites for hydroxylation is 2. The number of carbonyl (C=O) groups is 2. The molecule has 0 bridgehead atoms. The summed E-state index contributed by atoms with van der Waals surface area (Å²) in [6, 6.07) is 7.77. The highest BCUT2D eigenvalue weighted by Crippen LogP contribution is 2.27. The molecule has 1 N–H and O–H groups in total. The summed E-state index contributed by atoms with van der Waals surface area (Å²) in [5.74, 6) is -0.293. The number of hydrogen-bond acceptors (Lipinski definition) is 3. The molecule has 6 heteroatoms.